The van der Waals surface area contributed by atoms with Gasteiger partial charge in [-0.25, -0.2) is 0 Å². The van der Waals surface area contributed by atoms with E-state index in [0.29, 0.717) is 0 Å². The summed E-state index contributed by atoms with van der Waals surface area (Å²) in [6, 6.07) is 0. The van der Waals surface area contributed by atoms with Crippen molar-refractivity contribution in [3.63, 3.8) is 0 Å². The van der Waals surface area contributed by atoms with Gasteiger partial charge in [0.1, 0.15) is 0 Å². The Bertz CT molecular complexity index is 24.5. The van der Waals surface area contributed by atoms with Crippen LogP contribution in [-0.2, 0) is 32.7 Å². The number of rotatable bonds is 4. The van der Waals surface area contributed by atoms with Gasteiger partial charge in [0.25, 0.3) is 0 Å². The first-order valence-corrected chi connectivity index (χ1v) is 3.21. The maximum atomic E-state index is 3.76. The average Bonchev–Trinajstić information content (AvgIpc) is 1.69. The van der Waals surface area contributed by atoms with Gasteiger partial charge >= 0.3 is 0 Å². The normalized spacial score (nSPS) is 4.40. The second kappa shape index (κ2) is 80.6. The molecule has 1 heteroatoms. The molecule has 0 aromatic heterocycles. The quantitative estimate of drug-likeness (QED) is 0.385. The third-order valence-corrected chi connectivity index (χ3v) is 1.10. The summed E-state index contributed by atoms with van der Waals surface area (Å²) in [5, 5.41) is 0. The molecule has 0 aromatic rings. The molecule has 0 rings (SSSR count). The van der Waals surface area contributed by atoms with Gasteiger partial charge in [0.05, 0.1) is 0 Å². The molecule has 0 bridgehead atoms. The molecule has 0 aliphatic rings. The smallest absolute Gasteiger partial charge is 0 e. The van der Waals surface area contributed by atoms with Crippen molar-refractivity contribution in [2.45, 2.75) is 83.6 Å². The van der Waals surface area contributed by atoms with Gasteiger partial charge in [-0.3, -0.25) is 0 Å². The Kier molecular flexibility index (Phi) is 391. The number of unbranched alkanes of at least 4 members (excludes halogenated alkanes) is 4. The fourth-order valence-electron chi connectivity index (χ4n) is 0.604. The third-order valence-electron chi connectivity index (χ3n) is 1.10. The summed E-state index contributed by atoms with van der Waals surface area (Å²) in [5.41, 5.74) is 0. The van der Waals surface area contributed by atoms with Crippen molar-refractivity contribution in [2.75, 3.05) is 0 Å². The summed E-state index contributed by atoms with van der Waals surface area (Å²) in [5.74, 6) is 0. The average molecular weight is 299 g/mol. The molecule has 0 saturated carbocycles. The molecule has 0 nitrogen and oxygen atoms in total. The first-order valence-electron chi connectivity index (χ1n) is 3.21. The van der Waals surface area contributed by atoms with Gasteiger partial charge in [-0.15, -0.1) is 0 Å². The summed E-state index contributed by atoms with van der Waals surface area (Å²) >= 11 is 0. The third kappa shape index (κ3) is 99.6. The van der Waals surface area contributed by atoms with Crippen LogP contribution in [0.5, 0.6) is 0 Å². The molecule has 0 aromatic carbocycles. The SMILES string of the molecule is C.C.C.C.C.C.[CH2-]CCCCCC.[CH3-].[Y]. The Morgan fingerprint density at radius 3 is 1.27 bits per heavy atom. The van der Waals surface area contributed by atoms with Crippen LogP contribution in [0.25, 0.3) is 0 Å². The first-order chi connectivity index (χ1) is 3.41. The molecule has 0 aliphatic heterocycles. The molecule has 0 fully saturated rings. The molecular weight excluding hydrogens is 257 g/mol. The number of hydrogen-bond donors (Lipinski definition) is 0. The van der Waals surface area contributed by atoms with E-state index in [4.69, 9.17) is 0 Å². The molecule has 0 unspecified atom stereocenters. The van der Waals surface area contributed by atoms with Crippen LogP contribution in [-0.4, -0.2) is 0 Å². The standard InChI is InChI=1S/C7H15.6CH4.CH3.Y/c1-3-5-7-6-4-2;;;;;;;;/h1,3-7H2,2H3;6*1H4;1H3;/q-1;;;;;;;-1;. The van der Waals surface area contributed by atoms with Crippen LogP contribution in [0, 0.1) is 14.4 Å². The van der Waals surface area contributed by atoms with Crippen molar-refractivity contribution in [2.24, 2.45) is 0 Å². The molecule has 15 heavy (non-hydrogen) atoms. The van der Waals surface area contributed by atoms with E-state index in [1.165, 1.54) is 25.7 Å². The van der Waals surface area contributed by atoms with Gasteiger partial charge in [-0.05, 0) is 0 Å². The molecular formula is C14H42Y-2. The van der Waals surface area contributed by atoms with E-state index in [1.54, 1.807) is 0 Å². The summed E-state index contributed by atoms with van der Waals surface area (Å²) in [6.45, 7) is 5.98. The van der Waals surface area contributed by atoms with Crippen molar-refractivity contribution in [1.29, 1.82) is 0 Å². The molecule has 0 atom stereocenters. The molecule has 0 N–H and O–H groups in total. The zero-order valence-corrected chi connectivity index (χ0v) is 9.66. The van der Waals surface area contributed by atoms with Crippen LogP contribution >= 0.6 is 0 Å². The molecule has 0 spiro atoms. The van der Waals surface area contributed by atoms with Crippen LogP contribution in [0.4, 0.5) is 0 Å². The van der Waals surface area contributed by atoms with Crippen LogP contribution in [0.15, 0.2) is 0 Å². The fourth-order valence-corrected chi connectivity index (χ4v) is 0.604. The molecule has 0 amide bonds. The van der Waals surface area contributed by atoms with E-state index in [-0.39, 0.29) is 84.7 Å². The zero-order chi connectivity index (χ0) is 5.54. The van der Waals surface area contributed by atoms with Gasteiger partial charge in [0.15, 0.2) is 0 Å². The molecule has 1 radical (unpaired) electrons. The van der Waals surface area contributed by atoms with Gasteiger partial charge < -0.3 is 14.4 Å². The van der Waals surface area contributed by atoms with E-state index in [0.717, 1.165) is 6.42 Å². The Hall–Kier alpha value is 1.10. The van der Waals surface area contributed by atoms with E-state index >= 15 is 0 Å². The monoisotopic (exact) mass is 299 g/mol. The predicted molar refractivity (Wildman–Crippen MR) is 80.9 cm³/mol. The van der Waals surface area contributed by atoms with Crippen molar-refractivity contribution < 1.29 is 32.7 Å². The predicted octanol–water partition coefficient (Wildman–Crippen LogP) is 7.06. The molecule has 0 aliphatic carbocycles. The zero-order valence-electron chi connectivity index (χ0n) is 6.82. The second-order valence-corrected chi connectivity index (χ2v) is 1.91. The Balaban J connectivity index is -0.00000000643. The van der Waals surface area contributed by atoms with Gasteiger partial charge in [-0.2, -0.15) is 6.42 Å². The van der Waals surface area contributed by atoms with Gasteiger partial charge in [-0.1, -0.05) is 77.2 Å². The van der Waals surface area contributed by atoms with Crippen molar-refractivity contribution in [1.82, 2.24) is 0 Å². The number of hydrogen-bond acceptors (Lipinski definition) is 0. The van der Waals surface area contributed by atoms with Crippen molar-refractivity contribution in [3.8, 4) is 0 Å². The largest absolute Gasteiger partial charge is 0.358 e. The van der Waals surface area contributed by atoms with Crippen molar-refractivity contribution in [3.05, 3.63) is 14.4 Å². The summed E-state index contributed by atoms with van der Waals surface area (Å²) in [6.07, 6.45) is 6.52. The van der Waals surface area contributed by atoms with Crippen molar-refractivity contribution >= 4 is 0 Å². The fraction of sp³-hybridized carbons (Fsp3) is 0.857. The van der Waals surface area contributed by atoms with Crippen LogP contribution in [0.1, 0.15) is 83.6 Å². The molecule has 0 saturated heterocycles. The van der Waals surface area contributed by atoms with E-state index in [1.807, 2.05) is 0 Å². The minimum Gasteiger partial charge on any atom is -0.358 e. The van der Waals surface area contributed by atoms with Gasteiger partial charge in [0, 0.05) is 32.7 Å². The summed E-state index contributed by atoms with van der Waals surface area (Å²) < 4.78 is 0. The minimum atomic E-state index is 0. The Morgan fingerprint density at radius 2 is 1.07 bits per heavy atom. The summed E-state index contributed by atoms with van der Waals surface area (Å²) in [4.78, 5) is 0. The Morgan fingerprint density at radius 1 is 0.733 bits per heavy atom. The Labute approximate surface area is 130 Å². The van der Waals surface area contributed by atoms with E-state index in [2.05, 4.69) is 13.8 Å². The van der Waals surface area contributed by atoms with E-state index < -0.39 is 0 Å². The second-order valence-electron chi connectivity index (χ2n) is 1.91. The van der Waals surface area contributed by atoms with Gasteiger partial charge in [0.2, 0.25) is 0 Å². The first kappa shape index (κ1) is 72.8. The van der Waals surface area contributed by atoms with Crippen LogP contribution in [0.3, 0.4) is 0 Å². The van der Waals surface area contributed by atoms with E-state index in [9.17, 15) is 0 Å². The minimum absolute atomic E-state index is 0. The topological polar surface area (TPSA) is 0 Å². The summed E-state index contributed by atoms with van der Waals surface area (Å²) in [7, 11) is 0. The van der Waals surface area contributed by atoms with Crippen LogP contribution in [0.2, 0.25) is 0 Å². The van der Waals surface area contributed by atoms with Crippen LogP contribution < -0.4 is 0 Å². The maximum absolute atomic E-state index is 3.76. The molecule has 0 heterocycles. The maximum Gasteiger partial charge on any atom is 0 e. The molecule has 103 valence electrons.